The number of thiazole rings is 1. The first-order valence-electron chi connectivity index (χ1n) is 8.05. The van der Waals surface area contributed by atoms with E-state index in [1.165, 1.54) is 11.3 Å². The van der Waals surface area contributed by atoms with Crippen LogP contribution in [0, 0.1) is 0 Å². The van der Waals surface area contributed by atoms with Crippen molar-refractivity contribution in [2.75, 3.05) is 25.4 Å². The highest BCUT2D eigenvalue weighted by Crippen LogP contribution is 2.23. The summed E-state index contributed by atoms with van der Waals surface area (Å²) in [6.45, 7) is 0.797. The Balaban J connectivity index is 2.09. The van der Waals surface area contributed by atoms with Gasteiger partial charge < -0.3 is 9.30 Å². The van der Waals surface area contributed by atoms with Gasteiger partial charge in [0.2, 0.25) is 0 Å². The molecule has 1 aromatic heterocycles. The van der Waals surface area contributed by atoms with Crippen LogP contribution in [-0.2, 0) is 6.54 Å². The molecule has 0 aliphatic carbocycles. The number of ether oxygens (including phenoxy) is 1. The summed E-state index contributed by atoms with van der Waals surface area (Å²) >= 11 is 4.92. The van der Waals surface area contributed by atoms with E-state index in [2.05, 4.69) is 15.8 Å². The van der Waals surface area contributed by atoms with Gasteiger partial charge in [0.25, 0.3) is 5.91 Å². The molecule has 0 unspecified atom stereocenters. The van der Waals surface area contributed by atoms with Crippen molar-refractivity contribution in [3.05, 3.63) is 52.8 Å². The zero-order valence-corrected chi connectivity index (χ0v) is 17.3. The molecule has 0 bridgehead atoms. The van der Waals surface area contributed by atoms with Crippen LogP contribution in [0.3, 0.4) is 0 Å². The van der Waals surface area contributed by atoms with Gasteiger partial charge in [0.05, 0.1) is 17.3 Å². The Morgan fingerprint density at radius 2 is 2.08 bits per heavy atom. The zero-order valence-electron chi connectivity index (χ0n) is 14.9. The van der Waals surface area contributed by atoms with Crippen LogP contribution in [0.1, 0.15) is 10.4 Å². The van der Waals surface area contributed by atoms with Crippen molar-refractivity contribution in [3.63, 3.8) is 0 Å². The van der Waals surface area contributed by atoms with Gasteiger partial charge in [0, 0.05) is 28.8 Å². The molecular formula is C19H20N2O2S3. The van der Waals surface area contributed by atoms with Gasteiger partial charge in [-0.25, -0.2) is 0 Å². The van der Waals surface area contributed by atoms with Crippen LogP contribution in [0.15, 0.2) is 52.4 Å². The molecule has 0 radical (unpaired) electrons. The second-order valence-electron chi connectivity index (χ2n) is 5.51. The Hall–Kier alpha value is -1.70. The number of fused-ring (bicyclic) bond motifs is 1. The minimum Gasteiger partial charge on any atom is -0.497 e. The SMILES string of the molecule is COc1ccc2sc(=NC(=O)c3cccc(SC)c3)n(CCSC)c2c1. The maximum atomic E-state index is 12.7. The van der Waals surface area contributed by atoms with E-state index in [4.69, 9.17) is 4.74 Å². The molecule has 4 nitrogen and oxygen atoms in total. The summed E-state index contributed by atoms with van der Waals surface area (Å²) in [6, 6.07) is 13.5. The molecule has 7 heteroatoms. The Kier molecular flexibility index (Phi) is 6.45. The van der Waals surface area contributed by atoms with Crippen LogP contribution < -0.4 is 9.54 Å². The molecule has 0 saturated carbocycles. The lowest BCUT2D eigenvalue weighted by atomic mass is 10.2. The second kappa shape index (κ2) is 8.79. The number of carbonyl (C=O) groups excluding carboxylic acids is 1. The highest BCUT2D eigenvalue weighted by molar-refractivity contribution is 7.98. The van der Waals surface area contributed by atoms with Gasteiger partial charge in [-0.15, -0.1) is 11.8 Å². The molecule has 0 aliphatic heterocycles. The lowest BCUT2D eigenvalue weighted by Gasteiger charge is -2.05. The second-order valence-corrected chi connectivity index (χ2v) is 8.39. The van der Waals surface area contributed by atoms with E-state index >= 15 is 0 Å². The number of hydrogen-bond donors (Lipinski definition) is 0. The molecule has 1 heterocycles. The number of carbonyl (C=O) groups is 1. The predicted octanol–water partition coefficient (Wildman–Crippen LogP) is 4.54. The van der Waals surface area contributed by atoms with E-state index in [9.17, 15) is 4.79 Å². The lowest BCUT2D eigenvalue weighted by Crippen LogP contribution is -2.18. The highest BCUT2D eigenvalue weighted by atomic mass is 32.2. The molecule has 0 spiro atoms. The van der Waals surface area contributed by atoms with Gasteiger partial charge in [0.15, 0.2) is 4.80 Å². The van der Waals surface area contributed by atoms with Crippen molar-refractivity contribution in [3.8, 4) is 5.75 Å². The van der Waals surface area contributed by atoms with E-state index in [1.807, 2.05) is 48.7 Å². The first-order chi connectivity index (χ1) is 12.7. The number of aryl methyl sites for hydroxylation is 1. The molecule has 0 atom stereocenters. The fourth-order valence-corrected chi connectivity index (χ4v) is 4.43. The van der Waals surface area contributed by atoms with Crippen molar-refractivity contribution < 1.29 is 9.53 Å². The smallest absolute Gasteiger partial charge is 0.279 e. The number of thioether (sulfide) groups is 2. The summed E-state index contributed by atoms with van der Waals surface area (Å²) in [7, 11) is 1.66. The van der Waals surface area contributed by atoms with E-state index < -0.39 is 0 Å². The number of amides is 1. The van der Waals surface area contributed by atoms with Gasteiger partial charge in [-0.1, -0.05) is 17.4 Å². The molecule has 26 heavy (non-hydrogen) atoms. The molecule has 0 aliphatic rings. The van der Waals surface area contributed by atoms with Crippen LogP contribution in [0.4, 0.5) is 0 Å². The monoisotopic (exact) mass is 404 g/mol. The van der Waals surface area contributed by atoms with Crippen molar-refractivity contribution in [2.24, 2.45) is 4.99 Å². The standard InChI is InChI=1S/C19H20N2O2S3/c1-23-14-7-8-17-16(12-14)21(9-10-24-2)19(26-17)20-18(22)13-5-4-6-15(11-13)25-3/h4-8,11-12H,9-10H2,1-3H3. The molecule has 0 fully saturated rings. The number of methoxy groups -OCH3 is 1. The van der Waals surface area contributed by atoms with Crippen LogP contribution in [-0.4, -0.2) is 35.8 Å². The molecule has 136 valence electrons. The Morgan fingerprint density at radius 1 is 1.23 bits per heavy atom. The van der Waals surface area contributed by atoms with Gasteiger partial charge in [-0.2, -0.15) is 16.8 Å². The maximum Gasteiger partial charge on any atom is 0.279 e. The third-order valence-corrected chi connectivity index (χ3v) is 6.30. The Morgan fingerprint density at radius 3 is 2.81 bits per heavy atom. The Bertz CT molecular complexity index is 992. The largest absolute Gasteiger partial charge is 0.497 e. The van der Waals surface area contributed by atoms with E-state index in [1.54, 1.807) is 30.6 Å². The molecule has 0 saturated heterocycles. The molecule has 3 aromatic rings. The number of nitrogens with zero attached hydrogens (tertiary/aromatic N) is 2. The Labute approximate surface area is 165 Å². The summed E-state index contributed by atoms with van der Waals surface area (Å²) in [5.41, 5.74) is 1.66. The quantitative estimate of drug-likeness (QED) is 0.566. The van der Waals surface area contributed by atoms with Crippen LogP contribution in [0.2, 0.25) is 0 Å². The third kappa shape index (κ3) is 4.16. The number of benzene rings is 2. The van der Waals surface area contributed by atoms with Gasteiger partial charge in [-0.3, -0.25) is 4.79 Å². The minimum absolute atomic E-state index is 0.211. The summed E-state index contributed by atoms with van der Waals surface area (Å²) in [5.74, 6) is 1.54. The van der Waals surface area contributed by atoms with Gasteiger partial charge >= 0.3 is 0 Å². The summed E-state index contributed by atoms with van der Waals surface area (Å²) < 4.78 is 8.55. The normalized spacial score (nSPS) is 11.9. The van der Waals surface area contributed by atoms with Crippen molar-refractivity contribution in [1.29, 1.82) is 0 Å². The van der Waals surface area contributed by atoms with Gasteiger partial charge in [0.1, 0.15) is 5.75 Å². The minimum atomic E-state index is -0.211. The molecule has 3 rings (SSSR count). The highest BCUT2D eigenvalue weighted by Gasteiger charge is 2.10. The van der Waals surface area contributed by atoms with Crippen LogP contribution in [0.25, 0.3) is 10.2 Å². The third-order valence-electron chi connectivity index (χ3n) is 3.92. The topological polar surface area (TPSA) is 43.6 Å². The predicted molar refractivity (Wildman–Crippen MR) is 113 cm³/mol. The summed E-state index contributed by atoms with van der Waals surface area (Å²) in [5, 5.41) is 0. The average Bonchev–Trinajstić information content (AvgIpc) is 3.02. The molecular weight excluding hydrogens is 384 g/mol. The fraction of sp³-hybridized carbons (Fsp3) is 0.263. The van der Waals surface area contributed by atoms with Crippen molar-refractivity contribution >= 4 is 51.0 Å². The van der Waals surface area contributed by atoms with E-state index in [-0.39, 0.29) is 5.91 Å². The van der Waals surface area contributed by atoms with E-state index in [0.29, 0.717) is 5.56 Å². The van der Waals surface area contributed by atoms with Crippen LogP contribution in [0.5, 0.6) is 5.75 Å². The molecule has 1 amide bonds. The zero-order chi connectivity index (χ0) is 18.5. The molecule has 0 N–H and O–H groups in total. The number of rotatable bonds is 6. The van der Waals surface area contributed by atoms with Crippen LogP contribution >= 0.6 is 34.9 Å². The molecule has 2 aromatic carbocycles. The fourth-order valence-electron chi connectivity index (χ4n) is 2.57. The first-order valence-corrected chi connectivity index (χ1v) is 11.5. The summed E-state index contributed by atoms with van der Waals surface area (Å²) in [6.07, 6.45) is 4.07. The van der Waals surface area contributed by atoms with E-state index in [0.717, 1.165) is 38.0 Å². The van der Waals surface area contributed by atoms with Crippen molar-refractivity contribution in [2.45, 2.75) is 11.4 Å². The first kappa shape index (κ1) is 19.1. The lowest BCUT2D eigenvalue weighted by molar-refractivity contribution is 0.0997. The summed E-state index contributed by atoms with van der Waals surface area (Å²) in [4.78, 5) is 18.9. The average molecular weight is 405 g/mol. The maximum absolute atomic E-state index is 12.7. The van der Waals surface area contributed by atoms with Gasteiger partial charge in [-0.05, 0) is 42.8 Å². The number of aromatic nitrogens is 1. The number of hydrogen-bond acceptors (Lipinski definition) is 5. The van der Waals surface area contributed by atoms with Crippen molar-refractivity contribution in [1.82, 2.24) is 4.57 Å².